The Balaban J connectivity index is 2.23. The van der Waals surface area contributed by atoms with Gasteiger partial charge in [0.2, 0.25) is 0 Å². The first-order chi connectivity index (χ1) is 11.6. The summed E-state index contributed by atoms with van der Waals surface area (Å²) in [6.07, 6.45) is 0. The minimum Gasteiger partial charge on any atom is -0.285 e. The van der Waals surface area contributed by atoms with E-state index in [-0.39, 0.29) is 11.8 Å². The van der Waals surface area contributed by atoms with Gasteiger partial charge in [-0.1, -0.05) is 61.9 Å². The van der Waals surface area contributed by atoms with Gasteiger partial charge in [0.1, 0.15) is 0 Å². The number of hydrogen-bond donors (Lipinski definition) is 0. The van der Waals surface area contributed by atoms with Crippen LogP contribution in [-0.2, 0) is 4.79 Å². The van der Waals surface area contributed by atoms with E-state index < -0.39 is 0 Å². The molecule has 2 aromatic carbocycles. The van der Waals surface area contributed by atoms with Crippen molar-refractivity contribution in [1.82, 2.24) is 4.57 Å². The second-order valence-electron chi connectivity index (χ2n) is 6.05. The zero-order valence-electron chi connectivity index (χ0n) is 14.1. The predicted octanol–water partition coefficient (Wildman–Crippen LogP) is 4.60. The highest BCUT2D eigenvalue weighted by molar-refractivity contribution is 7.07. The monoisotopic (exact) mass is 336 g/mol. The highest BCUT2D eigenvalue weighted by atomic mass is 32.1. The smallest absolute Gasteiger partial charge is 0.250 e. The molecule has 0 radical (unpaired) electrons. The molecule has 1 heterocycles. The maximum Gasteiger partial charge on any atom is 0.250 e. The molecule has 0 saturated heterocycles. The molecular formula is C20H20N2OS. The zero-order chi connectivity index (χ0) is 17.1. The normalized spacial score (nSPS) is 11.9. The Morgan fingerprint density at radius 2 is 1.71 bits per heavy atom. The van der Waals surface area contributed by atoms with E-state index in [0.717, 1.165) is 16.9 Å². The summed E-state index contributed by atoms with van der Waals surface area (Å²) in [5.41, 5.74) is 4.36. The fourth-order valence-electron chi connectivity index (χ4n) is 2.37. The van der Waals surface area contributed by atoms with E-state index in [1.54, 1.807) is 0 Å². The molecular weight excluding hydrogens is 316 g/mol. The van der Waals surface area contributed by atoms with Crippen molar-refractivity contribution in [3.63, 3.8) is 0 Å². The molecule has 1 aromatic heterocycles. The minimum atomic E-state index is -0.112. The van der Waals surface area contributed by atoms with E-state index in [1.165, 1.54) is 16.9 Å². The molecule has 0 atom stereocenters. The summed E-state index contributed by atoms with van der Waals surface area (Å²) < 4.78 is 2.06. The van der Waals surface area contributed by atoms with Gasteiger partial charge in [0.15, 0.2) is 4.80 Å². The fraction of sp³-hybridized carbons (Fsp3) is 0.200. The van der Waals surface area contributed by atoms with Gasteiger partial charge in [-0.3, -0.25) is 9.36 Å². The maximum atomic E-state index is 12.1. The lowest BCUT2D eigenvalue weighted by atomic mass is 10.1. The van der Waals surface area contributed by atoms with Gasteiger partial charge < -0.3 is 0 Å². The molecule has 3 nitrogen and oxygen atoms in total. The number of aryl methyl sites for hydroxylation is 1. The van der Waals surface area contributed by atoms with Crippen LogP contribution in [0.25, 0.3) is 16.9 Å². The SMILES string of the molecule is Cc1ccc(-n2c(-c3ccccc3)csc2=NC(=O)C(C)C)cc1. The third kappa shape index (κ3) is 3.39. The first kappa shape index (κ1) is 16.4. The highest BCUT2D eigenvalue weighted by Crippen LogP contribution is 2.23. The van der Waals surface area contributed by atoms with Gasteiger partial charge in [-0.15, -0.1) is 11.3 Å². The van der Waals surface area contributed by atoms with Crippen molar-refractivity contribution in [3.8, 4) is 16.9 Å². The highest BCUT2D eigenvalue weighted by Gasteiger charge is 2.12. The van der Waals surface area contributed by atoms with E-state index in [1.807, 2.05) is 32.0 Å². The van der Waals surface area contributed by atoms with Crippen molar-refractivity contribution in [2.75, 3.05) is 0 Å². The van der Waals surface area contributed by atoms with E-state index in [4.69, 9.17) is 0 Å². The van der Waals surface area contributed by atoms with E-state index in [2.05, 4.69) is 58.3 Å². The van der Waals surface area contributed by atoms with Crippen LogP contribution in [-0.4, -0.2) is 10.5 Å². The molecule has 3 rings (SSSR count). The summed E-state index contributed by atoms with van der Waals surface area (Å²) in [5.74, 6) is -0.212. The van der Waals surface area contributed by atoms with Crippen LogP contribution in [0.5, 0.6) is 0 Å². The van der Waals surface area contributed by atoms with Crippen LogP contribution in [0.4, 0.5) is 0 Å². The van der Waals surface area contributed by atoms with Gasteiger partial charge in [0.05, 0.1) is 5.69 Å². The fourth-order valence-corrected chi connectivity index (χ4v) is 3.28. The number of carbonyl (C=O) groups excluding carboxylic acids is 1. The molecule has 0 spiro atoms. The number of hydrogen-bond acceptors (Lipinski definition) is 2. The van der Waals surface area contributed by atoms with E-state index >= 15 is 0 Å². The van der Waals surface area contributed by atoms with E-state index in [0.29, 0.717) is 4.80 Å². The second-order valence-corrected chi connectivity index (χ2v) is 6.88. The van der Waals surface area contributed by atoms with Crippen molar-refractivity contribution in [3.05, 3.63) is 70.3 Å². The Kier molecular flexibility index (Phi) is 4.76. The average molecular weight is 336 g/mol. The molecule has 0 aliphatic rings. The minimum absolute atomic E-state index is 0.0997. The first-order valence-electron chi connectivity index (χ1n) is 7.98. The van der Waals surface area contributed by atoms with Crippen molar-refractivity contribution < 1.29 is 4.79 Å². The van der Waals surface area contributed by atoms with Crippen LogP contribution in [0.1, 0.15) is 19.4 Å². The van der Waals surface area contributed by atoms with Crippen LogP contribution in [0.3, 0.4) is 0 Å². The Labute approximate surface area is 145 Å². The van der Waals surface area contributed by atoms with Crippen molar-refractivity contribution in [2.45, 2.75) is 20.8 Å². The number of nitrogens with zero attached hydrogens (tertiary/aromatic N) is 2. The summed E-state index contributed by atoms with van der Waals surface area (Å²) in [6.45, 7) is 5.80. The molecule has 122 valence electrons. The molecule has 0 aliphatic carbocycles. The molecule has 4 heteroatoms. The summed E-state index contributed by atoms with van der Waals surface area (Å²) >= 11 is 1.49. The van der Waals surface area contributed by atoms with Crippen LogP contribution >= 0.6 is 11.3 Å². The van der Waals surface area contributed by atoms with Gasteiger partial charge in [0, 0.05) is 17.0 Å². The molecule has 0 saturated carbocycles. The number of carbonyl (C=O) groups is 1. The van der Waals surface area contributed by atoms with Crippen LogP contribution < -0.4 is 4.80 Å². The molecule has 0 unspecified atom stereocenters. The quantitative estimate of drug-likeness (QED) is 0.688. The molecule has 0 fully saturated rings. The summed E-state index contributed by atoms with van der Waals surface area (Å²) in [7, 11) is 0. The lowest BCUT2D eigenvalue weighted by Crippen LogP contribution is -2.18. The van der Waals surface area contributed by atoms with Crippen LogP contribution in [0.2, 0.25) is 0 Å². The first-order valence-corrected chi connectivity index (χ1v) is 8.86. The summed E-state index contributed by atoms with van der Waals surface area (Å²) in [6, 6.07) is 18.4. The predicted molar refractivity (Wildman–Crippen MR) is 99.2 cm³/mol. The van der Waals surface area contributed by atoms with Crippen LogP contribution in [0, 0.1) is 12.8 Å². The second kappa shape index (κ2) is 6.97. The third-order valence-corrected chi connectivity index (χ3v) is 4.60. The number of rotatable bonds is 3. The van der Waals surface area contributed by atoms with Crippen molar-refractivity contribution in [2.24, 2.45) is 10.9 Å². The Hall–Kier alpha value is -2.46. The number of thiazole rings is 1. The molecule has 0 N–H and O–H groups in total. The Morgan fingerprint density at radius 1 is 1.04 bits per heavy atom. The Bertz CT molecular complexity index is 903. The molecule has 1 amide bonds. The lowest BCUT2D eigenvalue weighted by Gasteiger charge is -2.10. The lowest BCUT2D eigenvalue weighted by molar-refractivity contribution is -0.120. The molecule has 0 bridgehead atoms. The number of benzene rings is 2. The van der Waals surface area contributed by atoms with Crippen molar-refractivity contribution in [1.29, 1.82) is 0 Å². The largest absolute Gasteiger partial charge is 0.285 e. The maximum absolute atomic E-state index is 12.1. The van der Waals surface area contributed by atoms with Gasteiger partial charge in [-0.05, 0) is 24.6 Å². The molecule has 24 heavy (non-hydrogen) atoms. The number of aromatic nitrogens is 1. The van der Waals surface area contributed by atoms with Gasteiger partial charge in [0.25, 0.3) is 5.91 Å². The van der Waals surface area contributed by atoms with E-state index in [9.17, 15) is 4.79 Å². The summed E-state index contributed by atoms with van der Waals surface area (Å²) in [5, 5.41) is 2.06. The third-order valence-electron chi connectivity index (χ3n) is 3.77. The van der Waals surface area contributed by atoms with Crippen LogP contribution in [0.15, 0.2) is 65.0 Å². The van der Waals surface area contributed by atoms with Gasteiger partial charge in [-0.25, -0.2) is 0 Å². The van der Waals surface area contributed by atoms with Crippen molar-refractivity contribution >= 4 is 17.2 Å². The molecule has 3 aromatic rings. The average Bonchev–Trinajstić information content (AvgIpc) is 3.00. The summed E-state index contributed by atoms with van der Waals surface area (Å²) in [4.78, 5) is 17.2. The topological polar surface area (TPSA) is 34.4 Å². The standard InChI is InChI=1S/C20H20N2OS/c1-14(2)19(23)21-20-22(17-11-9-15(3)10-12-17)18(13-24-20)16-7-5-4-6-8-16/h4-14H,1-3H3. The van der Waals surface area contributed by atoms with Gasteiger partial charge in [-0.2, -0.15) is 4.99 Å². The molecule has 0 aliphatic heterocycles. The number of amides is 1. The zero-order valence-corrected chi connectivity index (χ0v) is 14.9. The Morgan fingerprint density at radius 3 is 2.33 bits per heavy atom. The van der Waals surface area contributed by atoms with Gasteiger partial charge >= 0.3 is 0 Å².